The molecule has 0 radical (unpaired) electrons. The number of hydrogen-bond acceptors (Lipinski definition) is 3. The van der Waals surface area contributed by atoms with Gasteiger partial charge >= 0.3 is 5.97 Å². The minimum atomic E-state index is -0.931. The molecule has 1 aromatic rings. The van der Waals surface area contributed by atoms with Gasteiger partial charge in [-0.25, -0.2) is 8.78 Å². The molecule has 0 saturated carbocycles. The molecule has 0 fully saturated rings. The number of hydrogen-bond donors (Lipinski definition) is 1. The second-order valence-corrected chi connectivity index (χ2v) is 5.94. The average Bonchev–Trinajstić information content (AvgIpc) is 2.57. The summed E-state index contributed by atoms with van der Waals surface area (Å²) in [4.78, 5) is 23.3. The molecule has 0 unspecified atom stereocenters. The topological polar surface area (TPSA) is 55.4 Å². The number of carbonyl (C=O) groups is 2. The van der Waals surface area contributed by atoms with E-state index >= 15 is 0 Å². The molecule has 0 aliphatic rings. The van der Waals surface area contributed by atoms with E-state index < -0.39 is 29.1 Å². The standard InChI is InChI=1S/C19H27F2NO3/c1-2-3-4-5-6-7-8-14-25-17(23)12-13-22-19(24)18-15(20)10-9-11-16(18)21/h9-11H,2-8,12-14H2,1H3,(H,22,24). The molecule has 1 rings (SSSR count). The van der Waals surface area contributed by atoms with Gasteiger partial charge in [0.2, 0.25) is 0 Å². The van der Waals surface area contributed by atoms with Crippen LogP contribution in [0.3, 0.4) is 0 Å². The van der Waals surface area contributed by atoms with Crippen LogP contribution in [0.5, 0.6) is 0 Å². The molecule has 0 saturated heterocycles. The lowest BCUT2D eigenvalue weighted by molar-refractivity contribution is -0.143. The van der Waals surface area contributed by atoms with Crippen molar-refractivity contribution in [3.05, 3.63) is 35.4 Å². The Morgan fingerprint density at radius 3 is 2.24 bits per heavy atom. The Balaban J connectivity index is 2.11. The number of amides is 1. The number of halogens is 2. The highest BCUT2D eigenvalue weighted by atomic mass is 19.1. The molecule has 4 nitrogen and oxygen atoms in total. The Hall–Kier alpha value is -1.98. The molecule has 0 bridgehead atoms. The molecule has 6 heteroatoms. The van der Waals surface area contributed by atoms with Gasteiger partial charge in [0, 0.05) is 6.54 Å². The number of unbranched alkanes of at least 4 members (excludes halogenated alkanes) is 6. The third kappa shape index (κ3) is 8.61. The van der Waals surface area contributed by atoms with Gasteiger partial charge in [0.1, 0.15) is 17.2 Å². The molecular weight excluding hydrogens is 328 g/mol. The lowest BCUT2D eigenvalue weighted by Gasteiger charge is -2.07. The van der Waals surface area contributed by atoms with E-state index in [0.717, 1.165) is 31.4 Å². The molecule has 0 aliphatic carbocycles. The van der Waals surface area contributed by atoms with Crippen molar-refractivity contribution in [2.45, 2.75) is 58.3 Å². The quantitative estimate of drug-likeness (QED) is 0.447. The molecule has 1 aromatic carbocycles. The number of rotatable bonds is 12. The zero-order chi connectivity index (χ0) is 18.5. The first-order valence-corrected chi connectivity index (χ1v) is 8.94. The normalized spacial score (nSPS) is 10.5. The number of carbonyl (C=O) groups excluding carboxylic acids is 2. The van der Waals surface area contributed by atoms with E-state index in [4.69, 9.17) is 4.74 Å². The fraction of sp³-hybridized carbons (Fsp3) is 0.579. The Kier molecular flexibility index (Phi) is 10.4. The molecule has 0 aromatic heterocycles. The van der Waals surface area contributed by atoms with Crippen LogP contribution in [-0.2, 0) is 9.53 Å². The van der Waals surface area contributed by atoms with Crippen LogP contribution >= 0.6 is 0 Å². The number of esters is 1. The summed E-state index contributed by atoms with van der Waals surface area (Å²) in [7, 11) is 0. The van der Waals surface area contributed by atoms with Gasteiger partial charge in [-0.3, -0.25) is 9.59 Å². The van der Waals surface area contributed by atoms with Gasteiger partial charge in [0.05, 0.1) is 13.0 Å². The van der Waals surface area contributed by atoms with Crippen molar-refractivity contribution < 1.29 is 23.1 Å². The summed E-state index contributed by atoms with van der Waals surface area (Å²) < 4.78 is 31.9. The second kappa shape index (κ2) is 12.4. The van der Waals surface area contributed by atoms with E-state index in [2.05, 4.69) is 12.2 Å². The Morgan fingerprint density at radius 1 is 1.00 bits per heavy atom. The largest absolute Gasteiger partial charge is 0.466 e. The summed E-state index contributed by atoms with van der Waals surface area (Å²) in [6, 6.07) is 3.20. The summed E-state index contributed by atoms with van der Waals surface area (Å²) in [5.41, 5.74) is -0.640. The van der Waals surface area contributed by atoms with Crippen LogP contribution in [0.4, 0.5) is 8.78 Å². The molecule has 0 heterocycles. The average molecular weight is 355 g/mol. The Morgan fingerprint density at radius 2 is 1.60 bits per heavy atom. The molecule has 0 aliphatic heterocycles. The molecule has 0 spiro atoms. The van der Waals surface area contributed by atoms with E-state index in [1.54, 1.807) is 0 Å². The lowest BCUT2D eigenvalue weighted by Crippen LogP contribution is -2.28. The van der Waals surface area contributed by atoms with Gasteiger partial charge in [-0.2, -0.15) is 0 Å². The first-order valence-electron chi connectivity index (χ1n) is 8.94. The van der Waals surface area contributed by atoms with E-state index in [1.807, 2.05) is 0 Å². The highest BCUT2D eigenvalue weighted by Gasteiger charge is 2.16. The molecular formula is C19H27F2NO3. The van der Waals surface area contributed by atoms with E-state index in [1.165, 1.54) is 31.7 Å². The highest BCUT2D eigenvalue weighted by Crippen LogP contribution is 2.11. The van der Waals surface area contributed by atoms with Crippen LogP contribution in [0.1, 0.15) is 68.6 Å². The second-order valence-electron chi connectivity index (χ2n) is 5.94. The van der Waals surface area contributed by atoms with Crippen LogP contribution in [0, 0.1) is 11.6 Å². The van der Waals surface area contributed by atoms with Crippen molar-refractivity contribution in [1.29, 1.82) is 0 Å². The maximum atomic E-state index is 13.4. The van der Waals surface area contributed by atoms with E-state index in [0.29, 0.717) is 6.61 Å². The summed E-state index contributed by atoms with van der Waals surface area (Å²) >= 11 is 0. The fourth-order valence-corrected chi connectivity index (χ4v) is 2.40. The van der Waals surface area contributed by atoms with Crippen LogP contribution in [0.25, 0.3) is 0 Å². The first kappa shape index (κ1) is 21.1. The molecule has 25 heavy (non-hydrogen) atoms. The first-order chi connectivity index (χ1) is 12.1. The van der Waals surface area contributed by atoms with Gasteiger partial charge < -0.3 is 10.1 Å². The lowest BCUT2D eigenvalue weighted by atomic mass is 10.1. The molecule has 1 N–H and O–H groups in total. The van der Waals surface area contributed by atoms with Gasteiger partial charge in [0.25, 0.3) is 5.91 Å². The fourth-order valence-electron chi connectivity index (χ4n) is 2.40. The van der Waals surface area contributed by atoms with Crippen molar-refractivity contribution in [2.75, 3.05) is 13.2 Å². The third-order valence-electron chi connectivity index (χ3n) is 3.82. The maximum Gasteiger partial charge on any atom is 0.307 e. The van der Waals surface area contributed by atoms with Crippen molar-refractivity contribution >= 4 is 11.9 Å². The van der Waals surface area contributed by atoms with Crippen molar-refractivity contribution in [2.24, 2.45) is 0 Å². The molecule has 140 valence electrons. The SMILES string of the molecule is CCCCCCCCCOC(=O)CCNC(=O)c1c(F)cccc1F. The third-order valence-corrected chi connectivity index (χ3v) is 3.82. The molecule has 1 amide bonds. The van der Waals surface area contributed by atoms with Gasteiger partial charge in [-0.1, -0.05) is 51.5 Å². The smallest absolute Gasteiger partial charge is 0.307 e. The van der Waals surface area contributed by atoms with E-state index in [-0.39, 0.29) is 13.0 Å². The summed E-state index contributed by atoms with van der Waals surface area (Å²) in [6.07, 6.45) is 7.90. The van der Waals surface area contributed by atoms with Crippen LogP contribution in [0.2, 0.25) is 0 Å². The maximum absolute atomic E-state index is 13.4. The van der Waals surface area contributed by atoms with Crippen LogP contribution in [-0.4, -0.2) is 25.0 Å². The Bertz CT molecular complexity index is 529. The highest BCUT2D eigenvalue weighted by molar-refractivity contribution is 5.94. The number of nitrogens with one attached hydrogen (secondary N) is 1. The molecule has 0 atom stereocenters. The van der Waals surface area contributed by atoms with Crippen molar-refractivity contribution in [3.63, 3.8) is 0 Å². The zero-order valence-corrected chi connectivity index (χ0v) is 14.8. The predicted octanol–water partition coefficient (Wildman–Crippen LogP) is 4.38. The minimum absolute atomic E-state index is 0.0253. The Labute approximate surface area is 147 Å². The van der Waals surface area contributed by atoms with Gasteiger partial charge in [0.15, 0.2) is 0 Å². The van der Waals surface area contributed by atoms with E-state index in [9.17, 15) is 18.4 Å². The van der Waals surface area contributed by atoms with Crippen LogP contribution in [0.15, 0.2) is 18.2 Å². The zero-order valence-electron chi connectivity index (χ0n) is 14.8. The predicted molar refractivity (Wildman–Crippen MR) is 92.3 cm³/mol. The van der Waals surface area contributed by atoms with Gasteiger partial charge in [-0.05, 0) is 18.6 Å². The van der Waals surface area contributed by atoms with Crippen molar-refractivity contribution in [3.8, 4) is 0 Å². The summed E-state index contributed by atoms with van der Waals surface area (Å²) in [5, 5.41) is 2.32. The summed E-state index contributed by atoms with van der Waals surface area (Å²) in [6.45, 7) is 2.51. The number of benzene rings is 1. The minimum Gasteiger partial charge on any atom is -0.466 e. The number of ether oxygens (including phenoxy) is 1. The van der Waals surface area contributed by atoms with Gasteiger partial charge in [-0.15, -0.1) is 0 Å². The van der Waals surface area contributed by atoms with Crippen molar-refractivity contribution in [1.82, 2.24) is 5.32 Å². The summed E-state index contributed by atoms with van der Waals surface area (Å²) in [5.74, 6) is -3.17. The van der Waals surface area contributed by atoms with Crippen LogP contribution < -0.4 is 5.32 Å². The monoisotopic (exact) mass is 355 g/mol.